The lowest BCUT2D eigenvalue weighted by Gasteiger charge is -2.03. The van der Waals surface area contributed by atoms with Crippen molar-refractivity contribution in [3.8, 4) is 5.75 Å². The molecule has 0 saturated heterocycles. The average molecular weight is 336 g/mol. The average Bonchev–Trinajstić information content (AvgIpc) is 2.56. The van der Waals surface area contributed by atoms with E-state index < -0.39 is 0 Å². The van der Waals surface area contributed by atoms with Crippen LogP contribution in [0.1, 0.15) is 0 Å². The molecular weight excluding hydrogens is 327 g/mol. The molecule has 0 aliphatic rings. The van der Waals surface area contributed by atoms with Crippen LogP contribution in [0.15, 0.2) is 23.1 Å². The van der Waals surface area contributed by atoms with Crippen LogP contribution >= 0.6 is 45.7 Å². The van der Waals surface area contributed by atoms with Gasteiger partial charge in [-0.1, -0.05) is 0 Å². The number of fused-ring (bicyclic) bond motifs is 1. The van der Waals surface area contributed by atoms with Gasteiger partial charge in [-0.2, -0.15) is 0 Å². The zero-order chi connectivity index (χ0) is 10.1. The first-order valence-electron chi connectivity index (χ1n) is 4.05. The standard InChI is InChI=1S/C10H9IOS2/c1-12-8-5-7(13-2)3-6-4-9(11)14-10(6)8/h3-5H,1-2H3. The molecule has 74 valence electrons. The highest BCUT2D eigenvalue weighted by atomic mass is 127. The van der Waals surface area contributed by atoms with E-state index in [0.29, 0.717) is 0 Å². The summed E-state index contributed by atoms with van der Waals surface area (Å²) in [4.78, 5) is 1.25. The molecule has 0 aliphatic heterocycles. The Morgan fingerprint density at radius 1 is 1.36 bits per heavy atom. The van der Waals surface area contributed by atoms with Crippen molar-refractivity contribution in [2.45, 2.75) is 4.90 Å². The van der Waals surface area contributed by atoms with Gasteiger partial charge in [0.1, 0.15) is 5.75 Å². The Morgan fingerprint density at radius 3 is 2.79 bits per heavy atom. The summed E-state index contributed by atoms with van der Waals surface area (Å²) in [7, 11) is 1.73. The van der Waals surface area contributed by atoms with Gasteiger partial charge in [0.25, 0.3) is 0 Å². The summed E-state index contributed by atoms with van der Waals surface area (Å²) in [5, 5.41) is 1.28. The first kappa shape index (κ1) is 10.6. The Morgan fingerprint density at radius 2 is 2.14 bits per heavy atom. The zero-order valence-electron chi connectivity index (χ0n) is 7.83. The highest BCUT2D eigenvalue weighted by molar-refractivity contribution is 14.1. The molecule has 1 heterocycles. The van der Waals surface area contributed by atoms with E-state index in [-0.39, 0.29) is 0 Å². The van der Waals surface area contributed by atoms with Gasteiger partial charge >= 0.3 is 0 Å². The molecule has 0 radical (unpaired) electrons. The number of rotatable bonds is 2. The van der Waals surface area contributed by atoms with Crippen LogP contribution in [0.2, 0.25) is 0 Å². The largest absolute Gasteiger partial charge is 0.495 e. The van der Waals surface area contributed by atoms with Crippen LogP contribution in [0.4, 0.5) is 0 Å². The number of methoxy groups -OCH3 is 1. The second kappa shape index (κ2) is 4.28. The Kier molecular flexibility index (Phi) is 3.23. The van der Waals surface area contributed by atoms with Gasteiger partial charge in [0, 0.05) is 4.90 Å². The Balaban J connectivity index is 2.72. The van der Waals surface area contributed by atoms with Gasteiger partial charge in [0.2, 0.25) is 0 Å². The predicted molar refractivity (Wildman–Crippen MR) is 72.9 cm³/mol. The minimum atomic E-state index is 0.986. The number of thiophene rings is 1. The van der Waals surface area contributed by atoms with Crippen molar-refractivity contribution < 1.29 is 4.74 Å². The second-order valence-corrected chi connectivity index (χ2v) is 6.62. The summed E-state index contributed by atoms with van der Waals surface area (Å²) in [5.41, 5.74) is 0. The maximum absolute atomic E-state index is 5.38. The van der Waals surface area contributed by atoms with Gasteiger partial charge in [-0.15, -0.1) is 23.1 Å². The van der Waals surface area contributed by atoms with Gasteiger partial charge in [-0.05, 0) is 52.4 Å². The van der Waals surface area contributed by atoms with Gasteiger partial charge in [0.15, 0.2) is 0 Å². The highest BCUT2D eigenvalue weighted by Gasteiger charge is 2.07. The molecule has 1 nitrogen and oxygen atoms in total. The molecule has 2 aromatic rings. The molecule has 1 aromatic heterocycles. The van der Waals surface area contributed by atoms with Crippen molar-refractivity contribution in [2.24, 2.45) is 0 Å². The number of hydrogen-bond donors (Lipinski definition) is 0. The number of thioether (sulfide) groups is 1. The topological polar surface area (TPSA) is 9.23 Å². The van der Waals surface area contributed by atoms with E-state index in [1.807, 2.05) is 0 Å². The number of ether oxygens (including phenoxy) is 1. The lowest BCUT2D eigenvalue weighted by atomic mass is 10.2. The third-order valence-corrected chi connectivity index (χ3v) is 4.61. The van der Waals surface area contributed by atoms with Crippen LogP contribution < -0.4 is 4.74 Å². The van der Waals surface area contributed by atoms with Crippen LogP contribution in [0.3, 0.4) is 0 Å². The summed E-state index contributed by atoms with van der Waals surface area (Å²) in [6.45, 7) is 0. The van der Waals surface area contributed by atoms with Crippen LogP contribution in [0.5, 0.6) is 5.75 Å². The van der Waals surface area contributed by atoms with Crippen molar-refractivity contribution in [3.05, 3.63) is 21.1 Å². The van der Waals surface area contributed by atoms with Crippen molar-refractivity contribution in [2.75, 3.05) is 13.4 Å². The van der Waals surface area contributed by atoms with Gasteiger partial charge in [-0.3, -0.25) is 0 Å². The molecule has 0 unspecified atom stereocenters. The van der Waals surface area contributed by atoms with E-state index in [4.69, 9.17) is 4.74 Å². The molecule has 0 aliphatic carbocycles. The lowest BCUT2D eigenvalue weighted by Crippen LogP contribution is -1.82. The van der Waals surface area contributed by atoms with Crippen molar-refractivity contribution in [1.29, 1.82) is 0 Å². The molecule has 0 spiro atoms. The molecule has 0 amide bonds. The normalized spacial score (nSPS) is 10.8. The maximum atomic E-state index is 5.38. The van der Waals surface area contributed by atoms with Crippen molar-refractivity contribution in [1.82, 2.24) is 0 Å². The summed E-state index contributed by atoms with van der Waals surface area (Å²) in [5.74, 6) is 0.986. The van der Waals surface area contributed by atoms with Gasteiger partial charge in [0.05, 0.1) is 14.7 Å². The Hall–Kier alpha value is 0.0600. The first-order chi connectivity index (χ1) is 6.74. The highest BCUT2D eigenvalue weighted by Crippen LogP contribution is 2.37. The molecular formula is C10H9IOS2. The molecule has 0 bridgehead atoms. The SMILES string of the molecule is COc1cc(SC)cc2cc(I)sc12. The molecule has 0 fully saturated rings. The molecule has 1 aromatic carbocycles. The lowest BCUT2D eigenvalue weighted by molar-refractivity contribution is 0.419. The predicted octanol–water partition coefficient (Wildman–Crippen LogP) is 4.24. The van der Waals surface area contributed by atoms with E-state index in [0.717, 1.165) is 5.75 Å². The van der Waals surface area contributed by atoms with Crippen LogP contribution in [0.25, 0.3) is 10.1 Å². The Bertz CT molecular complexity index is 464. The van der Waals surface area contributed by atoms with Gasteiger partial charge in [-0.25, -0.2) is 0 Å². The summed E-state index contributed by atoms with van der Waals surface area (Å²) in [6.07, 6.45) is 2.08. The van der Waals surface area contributed by atoms with Crippen LogP contribution in [-0.4, -0.2) is 13.4 Å². The summed E-state index contributed by atoms with van der Waals surface area (Å²) < 4.78 is 7.92. The van der Waals surface area contributed by atoms with E-state index in [1.54, 1.807) is 30.2 Å². The fourth-order valence-electron chi connectivity index (χ4n) is 1.33. The van der Waals surface area contributed by atoms with Crippen LogP contribution in [0, 0.1) is 2.88 Å². The van der Waals surface area contributed by atoms with Crippen molar-refractivity contribution in [3.63, 3.8) is 0 Å². The summed E-state index contributed by atoms with van der Waals surface area (Å²) in [6, 6.07) is 6.50. The molecule has 0 atom stereocenters. The molecule has 14 heavy (non-hydrogen) atoms. The third kappa shape index (κ3) is 1.87. The minimum Gasteiger partial charge on any atom is -0.495 e. The van der Waals surface area contributed by atoms with Crippen LogP contribution in [-0.2, 0) is 0 Å². The fourth-order valence-corrected chi connectivity index (χ4v) is 3.66. The zero-order valence-corrected chi connectivity index (χ0v) is 11.6. The monoisotopic (exact) mass is 336 g/mol. The number of benzene rings is 1. The molecule has 2 rings (SSSR count). The molecule has 0 N–H and O–H groups in total. The van der Waals surface area contributed by atoms with E-state index in [1.165, 1.54) is 17.9 Å². The number of halogens is 1. The second-order valence-electron chi connectivity index (χ2n) is 2.80. The smallest absolute Gasteiger partial charge is 0.137 e. The quantitative estimate of drug-likeness (QED) is 0.599. The summed E-state index contributed by atoms with van der Waals surface area (Å²) >= 11 is 5.87. The Labute approximate surface area is 105 Å². The molecule has 4 heteroatoms. The van der Waals surface area contributed by atoms with Gasteiger partial charge < -0.3 is 4.74 Å². The fraction of sp³-hybridized carbons (Fsp3) is 0.200. The molecule has 0 saturated carbocycles. The van der Waals surface area contributed by atoms with E-state index in [2.05, 4.69) is 47.0 Å². The number of hydrogen-bond acceptors (Lipinski definition) is 3. The third-order valence-electron chi connectivity index (χ3n) is 1.98. The van der Waals surface area contributed by atoms with E-state index >= 15 is 0 Å². The minimum absolute atomic E-state index is 0.986. The maximum Gasteiger partial charge on any atom is 0.137 e. The first-order valence-corrected chi connectivity index (χ1v) is 7.17. The van der Waals surface area contributed by atoms with Crippen molar-refractivity contribution >= 4 is 55.8 Å². The van der Waals surface area contributed by atoms with E-state index in [9.17, 15) is 0 Å².